The van der Waals surface area contributed by atoms with Gasteiger partial charge in [-0.2, -0.15) is 0 Å². The molecule has 1 rings (SSSR count). The fourth-order valence-electron chi connectivity index (χ4n) is 1.01. The Hall–Kier alpha value is -0.860. The number of likely N-dealkylation sites (N-methyl/N-ethyl adjacent to an activating group) is 1. The molecule has 0 aliphatic rings. The Balaban J connectivity index is 2.53. The molecule has 0 saturated carbocycles. The second-order valence-corrected chi connectivity index (χ2v) is 3.13. The van der Waals surface area contributed by atoms with E-state index in [0.717, 1.165) is 0 Å². The van der Waals surface area contributed by atoms with Crippen LogP contribution in [0.3, 0.4) is 0 Å². The average Bonchev–Trinajstić information content (AvgIpc) is 2.06. The lowest BCUT2D eigenvalue weighted by atomic mass is 10.1. The van der Waals surface area contributed by atoms with Gasteiger partial charge in [-0.25, -0.2) is 0 Å². The van der Waals surface area contributed by atoms with Crippen molar-refractivity contribution >= 4 is 0 Å². The molecule has 0 amide bonds. The van der Waals surface area contributed by atoms with Gasteiger partial charge in [0.25, 0.3) is 0 Å². The second-order valence-electron chi connectivity index (χ2n) is 3.13. The standard InChI is InChI=1S/C10H15NO/c1-11(2)10(12)8-9-6-4-3-5-7-9/h3-7,10,12H,8H2,1-2H3. The summed E-state index contributed by atoms with van der Waals surface area (Å²) in [7, 11) is 3.74. The molecule has 0 aliphatic heterocycles. The van der Waals surface area contributed by atoms with Crippen molar-refractivity contribution in [2.45, 2.75) is 12.6 Å². The van der Waals surface area contributed by atoms with E-state index in [-0.39, 0.29) is 6.23 Å². The molecule has 1 aromatic rings. The van der Waals surface area contributed by atoms with Crippen LogP contribution < -0.4 is 0 Å². The average molecular weight is 165 g/mol. The Labute approximate surface area is 73.4 Å². The lowest BCUT2D eigenvalue weighted by Gasteiger charge is -2.17. The largest absolute Gasteiger partial charge is 0.378 e. The van der Waals surface area contributed by atoms with E-state index in [2.05, 4.69) is 0 Å². The first-order valence-electron chi connectivity index (χ1n) is 4.08. The van der Waals surface area contributed by atoms with Gasteiger partial charge in [0.05, 0.1) is 0 Å². The predicted octanol–water partition coefficient (Wildman–Crippen LogP) is 1.11. The maximum Gasteiger partial charge on any atom is 0.110 e. The Morgan fingerprint density at radius 1 is 1.25 bits per heavy atom. The summed E-state index contributed by atoms with van der Waals surface area (Å²) in [4.78, 5) is 1.80. The van der Waals surface area contributed by atoms with Crippen LogP contribution in [-0.2, 0) is 6.42 Å². The molecular formula is C10H15NO. The second kappa shape index (κ2) is 4.24. The summed E-state index contributed by atoms with van der Waals surface area (Å²) in [5.41, 5.74) is 1.17. The molecule has 0 spiro atoms. The molecule has 12 heavy (non-hydrogen) atoms. The summed E-state index contributed by atoms with van der Waals surface area (Å²) in [6, 6.07) is 9.99. The zero-order valence-corrected chi connectivity index (χ0v) is 7.57. The molecular weight excluding hydrogens is 150 g/mol. The highest BCUT2D eigenvalue weighted by Gasteiger charge is 2.05. The Kier molecular flexibility index (Phi) is 3.26. The third-order valence-corrected chi connectivity index (χ3v) is 1.86. The normalized spacial score (nSPS) is 13.3. The topological polar surface area (TPSA) is 23.5 Å². The van der Waals surface area contributed by atoms with Gasteiger partial charge < -0.3 is 5.11 Å². The van der Waals surface area contributed by atoms with Crippen LogP contribution in [0.15, 0.2) is 30.3 Å². The van der Waals surface area contributed by atoms with Gasteiger partial charge >= 0.3 is 0 Å². The van der Waals surface area contributed by atoms with Gasteiger partial charge in [-0.15, -0.1) is 0 Å². The number of benzene rings is 1. The third-order valence-electron chi connectivity index (χ3n) is 1.86. The lowest BCUT2D eigenvalue weighted by molar-refractivity contribution is 0.0413. The SMILES string of the molecule is CN(C)C(O)Cc1ccccc1. The van der Waals surface area contributed by atoms with E-state index >= 15 is 0 Å². The van der Waals surface area contributed by atoms with Crippen LogP contribution in [0.2, 0.25) is 0 Å². The molecule has 0 bridgehead atoms. The van der Waals surface area contributed by atoms with Crippen LogP contribution in [0.1, 0.15) is 5.56 Å². The van der Waals surface area contributed by atoms with Crippen molar-refractivity contribution in [3.63, 3.8) is 0 Å². The molecule has 1 unspecified atom stereocenters. The van der Waals surface area contributed by atoms with Crippen LogP contribution in [0.5, 0.6) is 0 Å². The van der Waals surface area contributed by atoms with E-state index in [1.54, 1.807) is 4.90 Å². The summed E-state index contributed by atoms with van der Waals surface area (Å²) < 4.78 is 0. The Morgan fingerprint density at radius 2 is 1.83 bits per heavy atom. The van der Waals surface area contributed by atoms with Crippen molar-refractivity contribution in [2.75, 3.05) is 14.1 Å². The number of aliphatic hydroxyl groups is 1. The monoisotopic (exact) mass is 165 g/mol. The minimum Gasteiger partial charge on any atom is -0.378 e. The number of rotatable bonds is 3. The van der Waals surface area contributed by atoms with Gasteiger partial charge in [-0.05, 0) is 19.7 Å². The molecule has 1 N–H and O–H groups in total. The van der Waals surface area contributed by atoms with Gasteiger partial charge in [0, 0.05) is 6.42 Å². The van der Waals surface area contributed by atoms with Gasteiger partial charge in [-0.1, -0.05) is 30.3 Å². The maximum absolute atomic E-state index is 9.51. The van der Waals surface area contributed by atoms with Crippen molar-refractivity contribution < 1.29 is 5.11 Å². The van der Waals surface area contributed by atoms with Crippen LogP contribution in [0.4, 0.5) is 0 Å². The van der Waals surface area contributed by atoms with Crippen LogP contribution in [0, 0.1) is 0 Å². The number of hydrogen-bond donors (Lipinski definition) is 1. The number of nitrogens with zero attached hydrogens (tertiary/aromatic N) is 1. The first-order valence-corrected chi connectivity index (χ1v) is 4.08. The molecule has 0 saturated heterocycles. The summed E-state index contributed by atoms with van der Waals surface area (Å²) in [6.45, 7) is 0. The summed E-state index contributed by atoms with van der Waals surface area (Å²) in [6.07, 6.45) is 0.306. The van der Waals surface area contributed by atoms with Crippen molar-refractivity contribution in [2.24, 2.45) is 0 Å². The van der Waals surface area contributed by atoms with Gasteiger partial charge in [0.1, 0.15) is 6.23 Å². The van der Waals surface area contributed by atoms with E-state index in [1.807, 2.05) is 44.4 Å². The van der Waals surface area contributed by atoms with Crippen molar-refractivity contribution in [1.29, 1.82) is 0 Å². The molecule has 66 valence electrons. The highest BCUT2D eigenvalue weighted by molar-refractivity contribution is 5.15. The van der Waals surface area contributed by atoms with Crippen molar-refractivity contribution in [3.8, 4) is 0 Å². The highest BCUT2D eigenvalue weighted by Crippen LogP contribution is 2.03. The highest BCUT2D eigenvalue weighted by atomic mass is 16.3. The zero-order chi connectivity index (χ0) is 8.97. The molecule has 2 nitrogen and oxygen atoms in total. The smallest absolute Gasteiger partial charge is 0.110 e. The number of aliphatic hydroxyl groups excluding tert-OH is 1. The minimum absolute atomic E-state index is 0.382. The molecule has 0 aliphatic carbocycles. The molecule has 1 aromatic carbocycles. The lowest BCUT2D eigenvalue weighted by Crippen LogP contribution is -2.29. The van der Waals surface area contributed by atoms with E-state index < -0.39 is 0 Å². The predicted molar refractivity (Wildman–Crippen MR) is 49.8 cm³/mol. The Morgan fingerprint density at radius 3 is 2.33 bits per heavy atom. The maximum atomic E-state index is 9.51. The molecule has 0 fully saturated rings. The van der Waals surface area contributed by atoms with Crippen LogP contribution in [-0.4, -0.2) is 30.3 Å². The van der Waals surface area contributed by atoms with Gasteiger partial charge in [-0.3, -0.25) is 4.90 Å². The van der Waals surface area contributed by atoms with Crippen LogP contribution in [0.25, 0.3) is 0 Å². The number of hydrogen-bond acceptors (Lipinski definition) is 2. The van der Waals surface area contributed by atoms with Crippen LogP contribution >= 0.6 is 0 Å². The zero-order valence-electron chi connectivity index (χ0n) is 7.57. The fraction of sp³-hybridized carbons (Fsp3) is 0.400. The van der Waals surface area contributed by atoms with Crippen molar-refractivity contribution in [3.05, 3.63) is 35.9 Å². The van der Waals surface area contributed by atoms with Gasteiger partial charge in [0.2, 0.25) is 0 Å². The van der Waals surface area contributed by atoms with Gasteiger partial charge in [0.15, 0.2) is 0 Å². The van der Waals surface area contributed by atoms with E-state index in [1.165, 1.54) is 5.56 Å². The Bertz CT molecular complexity index is 221. The first-order chi connectivity index (χ1) is 5.70. The summed E-state index contributed by atoms with van der Waals surface area (Å²) >= 11 is 0. The summed E-state index contributed by atoms with van der Waals surface area (Å²) in [5.74, 6) is 0. The fourth-order valence-corrected chi connectivity index (χ4v) is 1.01. The van der Waals surface area contributed by atoms with E-state index in [0.29, 0.717) is 6.42 Å². The molecule has 0 aromatic heterocycles. The molecule has 0 radical (unpaired) electrons. The van der Waals surface area contributed by atoms with E-state index in [4.69, 9.17) is 0 Å². The minimum atomic E-state index is -0.382. The third kappa shape index (κ3) is 2.64. The first kappa shape index (κ1) is 9.23. The molecule has 2 heteroatoms. The van der Waals surface area contributed by atoms with Crippen molar-refractivity contribution in [1.82, 2.24) is 4.90 Å². The molecule has 1 atom stereocenters. The van der Waals surface area contributed by atoms with E-state index in [9.17, 15) is 5.11 Å². The summed E-state index contributed by atoms with van der Waals surface area (Å²) in [5, 5.41) is 9.51. The molecule has 0 heterocycles. The quantitative estimate of drug-likeness (QED) is 0.678.